The number of halogens is 1. The number of thiophene rings is 1. The van der Waals surface area contributed by atoms with E-state index in [9.17, 15) is 9.59 Å². The van der Waals surface area contributed by atoms with Crippen LogP contribution in [-0.4, -0.2) is 27.2 Å². The van der Waals surface area contributed by atoms with Crippen molar-refractivity contribution < 1.29 is 9.53 Å². The Morgan fingerprint density at radius 3 is 2.84 bits per heavy atom. The number of nitrogens with zero attached hydrogens (tertiary/aromatic N) is 2. The molecule has 1 atom stereocenters. The number of ether oxygens (including phenoxy) is 1. The number of thioether (sulfide) groups is 1. The van der Waals surface area contributed by atoms with Crippen LogP contribution in [-0.2, 0) is 24.3 Å². The number of benzene rings is 1. The summed E-state index contributed by atoms with van der Waals surface area (Å²) in [5.41, 5.74) is 1.57. The van der Waals surface area contributed by atoms with E-state index in [1.807, 2.05) is 0 Å². The summed E-state index contributed by atoms with van der Waals surface area (Å²) in [5.74, 6) is 0.514. The number of allylic oxidation sites excluding steroid dienone is 1. The fraction of sp³-hybridized carbons (Fsp3) is 0.348. The van der Waals surface area contributed by atoms with Crippen LogP contribution in [0.2, 0.25) is 5.02 Å². The van der Waals surface area contributed by atoms with Crippen molar-refractivity contribution in [2.75, 3.05) is 5.75 Å². The predicted molar refractivity (Wildman–Crippen MR) is 128 cm³/mol. The Morgan fingerprint density at radius 1 is 1.42 bits per heavy atom. The van der Waals surface area contributed by atoms with E-state index in [4.69, 9.17) is 21.3 Å². The smallest absolute Gasteiger partial charge is 0.263 e. The van der Waals surface area contributed by atoms with Crippen molar-refractivity contribution in [2.24, 2.45) is 5.92 Å². The van der Waals surface area contributed by atoms with Gasteiger partial charge in [-0.2, -0.15) is 0 Å². The van der Waals surface area contributed by atoms with Crippen molar-refractivity contribution in [1.82, 2.24) is 9.55 Å². The van der Waals surface area contributed by atoms with Crippen LogP contribution in [0.3, 0.4) is 0 Å². The highest BCUT2D eigenvalue weighted by atomic mass is 35.5. The number of carbonyl (C=O) groups is 1. The highest BCUT2D eigenvalue weighted by Crippen LogP contribution is 2.36. The SMILES string of the molecule is C=CCn1c(SCC(=O)c2ccc(Cl)cc2)nc2sc3c(c2c1=O)C[C@@H](C(C)C)OC3. The molecule has 5 nitrogen and oxygen atoms in total. The van der Waals surface area contributed by atoms with Gasteiger partial charge in [0.1, 0.15) is 4.83 Å². The van der Waals surface area contributed by atoms with Gasteiger partial charge in [-0.25, -0.2) is 4.98 Å². The van der Waals surface area contributed by atoms with Crippen LogP contribution in [0.5, 0.6) is 0 Å². The quantitative estimate of drug-likeness (QED) is 0.199. The van der Waals surface area contributed by atoms with Crippen LogP contribution >= 0.6 is 34.7 Å². The lowest BCUT2D eigenvalue weighted by atomic mass is 9.96. The Labute approximate surface area is 194 Å². The third-order valence-corrected chi connectivity index (χ3v) is 7.67. The lowest BCUT2D eigenvalue weighted by Crippen LogP contribution is -2.28. The molecule has 162 valence electrons. The minimum Gasteiger partial charge on any atom is -0.372 e. The lowest BCUT2D eigenvalue weighted by Gasteiger charge is -2.26. The molecule has 2 aromatic heterocycles. The Morgan fingerprint density at radius 2 is 2.16 bits per heavy atom. The average Bonchev–Trinajstić information content (AvgIpc) is 3.12. The number of hydrogen-bond acceptors (Lipinski definition) is 6. The van der Waals surface area contributed by atoms with Gasteiger partial charge in [0.05, 0.1) is 23.8 Å². The highest BCUT2D eigenvalue weighted by molar-refractivity contribution is 7.99. The number of fused-ring (bicyclic) bond motifs is 3. The van der Waals surface area contributed by atoms with Crippen molar-refractivity contribution in [3.63, 3.8) is 0 Å². The molecular formula is C23H23ClN2O3S2. The molecule has 0 aliphatic carbocycles. The summed E-state index contributed by atoms with van der Waals surface area (Å²) in [6, 6.07) is 6.80. The number of hydrogen-bond donors (Lipinski definition) is 0. The molecule has 0 bridgehead atoms. The van der Waals surface area contributed by atoms with E-state index >= 15 is 0 Å². The fourth-order valence-electron chi connectivity index (χ4n) is 3.62. The van der Waals surface area contributed by atoms with Crippen molar-refractivity contribution in [2.45, 2.75) is 44.7 Å². The molecule has 1 aliphatic heterocycles. The third kappa shape index (κ3) is 4.51. The molecule has 0 fully saturated rings. The molecule has 8 heteroatoms. The summed E-state index contributed by atoms with van der Waals surface area (Å²) >= 11 is 8.69. The number of carbonyl (C=O) groups excluding carboxylic acids is 1. The van der Waals surface area contributed by atoms with Gasteiger partial charge in [-0.3, -0.25) is 14.2 Å². The van der Waals surface area contributed by atoms with Gasteiger partial charge in [-0.15, -0.1) is 17.9 Å². The molecule has 4 rings (SSSR count). The van der Waals surface area contributed by atoms with Gasteiger partial charge in [0.2, 0.25) is 0 Å². The summed E-state index contributed by atoms with van der Waals surface area (Å²) in [7, 11) is 0. The molecule has 3 aromatic rings. The maximum Gasteiger partial charge on any atom is 0.263 e. The summed E-state index contributed by atoms with van der Waals surface area (Å²) in [5, 5.41) is 1.80. The van der Waals surface area contributed by atoms with Crippen LogP contribution in [0, 0.1) is 5.92 Å². The van der Waals surface area contributed by atoms with E-state index in [0.717, 1.165) is 16.9 Å². The first-order chi connectivity index (χ1) is 14.9. The monoisotopic (exact) mass is 474 g/mol. The van der Waals surface area contributed by atoms with E-state index in [1.54, 1.807) is 34.9 Å². The number of aromatic nitrogens is 2. The normalized spacial score (nSPS) is 15.9. The molecule has 0 saturated carbocycles. The minimum absolute atomic E-state index is 0.0418. The van der Waals surface area contributed by atoms with E-state index < -0.39 is 0 Å². The largest absolute Gasteiger partial charge is 0.372 e. The van der Waals surface area contributed by atoms with Crippen molar-refractivity contribution in [3.8, 4) is 0 Å². The van der Waals surface area contributed by atoms with Crippen molar-refractivity contribution in [1.29, 1.82) is 0 Å². The molecule has 0 unspecified atom stereocenters. The highest BCUT2D eigenvalue weighted by Gasteiger charge is 2.28. The summed E-state index contributed by atoms with van der Waals surface area (Å²) < 4.78 is 7.59. The Bertz CT molecular complexity index is 1200. The van der Waals surface area contributed by atoms with Gasteiger partial charge in [0.25, 0.3) is 5.56 Å². The number of ketones is 1. The summed E-state index contributed by atoms with van der Waals surface area (Å²) in [6.45, 7) is 8.90. The van der Waals surface area contributed by atoms with E-state index in [-0.39, 0.29) is 23.2 Å². The zero-order chi connectivity index (χ0) is 22.1. The zero-order valence-electron chi connectivity index (χ0n) is 17.4. The number of Topliss-reactive ketones (excluding diaryl/α,β-unsaturated/α-hetero) is 1. The van der Waals surface area contributed by atoms with Gasteiger partial charge in [0, 0.05) is 28.4 Å². The van der Waals surface area contributed by atoms with Crippen LogP contribution in [0.4, 0.5) is 0 Å². The second-order valence-corrected chi connectivity index (χ2v) is 10.3. The van der Waals surface area contributed by atoms with Gasteiger partial charge in [-0.1, -0.05) is 43.3 Å². The molecule has 0 saturated heterocycles. The zero-order valence-corrected chi connectivity index (χ0v) is 19.8. The first-order valence-electron chi connectivity index (χ1n) is 10.1. The summed E-state index contributed by atoms with van der Waals surface area (Å²) in [6.07, 6.45) is 2.50. The second kappa shape index (κ2) is 9.28. The fourth-order valence-corrected chi connectivity index (χ4v) is 5.81. The van der Waals surface area contributed by atoms with Crippen molar-refractivity contribution >= 4 is 50.7 Å². The average molecular weight is 475 g/mol. The van der Waals surface area contributed by atoms with E-state index in [0.29, 0.717) is 45.0 Å². The molecule has 1 aliphatic rings. The molecule has 0 amide bonds. The van der Waals surface area contributed by atoms with Crippen LogP contribution < -0.4 is 5.56 Å². The van der Waals surface area contributed by atoms with E-state index in [1.165, 1.54) is 23.1 Å². The topological polar surface area (TPSA) is 61.2 Å². The minimum atomic E-state index is -0.0757. The third-order valence-electron chi connectivity index (χ3n) is 5.35. The first kappa shape index (κ1) is 22.3. The first-order valence-corrected chi connectivity index (χ1v) is 12.3. The van der Waals surface area contributed by atoms with Crippen molar-refractivity contribution in [3.05, 3.63) is 68.3 Å². The molecular weight excluding hydrogens is 452 g/mol. The maximum absolute atomic E-state index is 13.4. The standard InChI is InChI=1S/C23H23ClN2O3S2/c1-4-9-26-22(28)20-16-10-18(13(2)3)29-11-19(16)31-21(20)25-23(26)30-12-17(27)14-5-7-15(24)8-6-14/h4-8,13,18H,1,9-12H2,2-3H3/t18-/m0/s1. The van der Waals surface area contributed by atoms with Crippen LogP contribution in [0.1, 0.15) is 34.6 Å². The molecule has 0 spiro atoms. The second-order valence-electron chi connectivity index (χ2n) is 7.80. The summed E-state index contributed by atoms with van der Waals surface area (Å²) in [4.78, 5) is 32.6. The van der Waals surface area contributed by atoms with Crippen LogP contribution in [0.25, 0.3) is 10.2 Å². The van der Waals surface area contributed by atoms with Crippen LogP contribution in [0.15, 0.2) is 46.9 Å². The van der Waals surface area contributed by atoms with Gasteiger partial charge < -0.3 is 4.74 Å². The predicted octanol–water partition coefficient (Wildman–Crippen LogP) is 5.37. The molecule has 0 radical (unpaired) electrons. The Hall–Kier alpha value is -1.93. The van der Waals surface area contributed by atoms with Gasteiger partial charge in [-0.05, 0) is 35.7 Å². The van der Waals surface area contributed by atoms with Gasteiger partial charge in [0.15, 0.2) is 10.9 Å². The Balaban J connectivity index is 1.68. The lowest BCUT2D eigenvalue weighted by molar-refractivity contribution is 0.00200. The molecule has 0 N–H and O–H groups in total. The molecule has 1 aromatic carbocycles. The van der Waals surface area contributed by atoms with Gasteiger partial charge >= 0.3 is 0 Å². The number of rotatable bonds is 7. The Kier molecular flexibility index (Phi) is 6.67. The maximum atomic E-state index is 13.4. The molecule has 31 heavy (non-hydrogen) atoms. The molecule has 3 heterocycles. The van der Waals surface area contributed by atoms with E-state index in [2.05, 4.69) is 20.4 Å².